The highest BCUT2D eigenvalue weighted by molar-refractivity contribution is 7.99. The molecule has 0 fully saturated rings. The first kappa shape index (κ1) is 11.2. The fourth-order valence-corrected chi connectivity index (χ4v) is 2.15. The Labute approximate surface area is 99.9 Å². The Hall–Kier alpha value is -1.32. The molecule has 0 aliphatic heterocycles. The lowest BCUT2D eigenvalue weighted by molar-refractivity contribution is 0.777. The quantitative estimate of drug-likeness (QED) is 0.879. The van der Waals surface area contributed by atoms with Crippen LogP contribution in [0.25, 0.3) is 0 Å². The molecule has 3 heteroatoms. The maximum Gasteiger partial charge on any atom is 0.0569 e. The van der Waals surface area contributed by atoms with Gasteiger partial charge in [-0.15, -0.1) is 0 Å². The summed E-state index contributed by atoms with van der Waals surface area (Å²) in [6.07, 6.45) is 1.87. The van der Waals surface area contributed by atoms with Crippen molar-refractivity contribution in [3.05, 3.63) is 54.4 Å². The average Bonchev–Trinajstić information content (AvgIpc) is 2.31. The third kappa shape index (κ3) is 2.84. The van der Waals surface area contributed by atoms with E-state index in [0.717, 1.165) is 10.6 Å². The van der Waals surface area contributed by atoms with Gasteiger partial charge in [-0.25, -0.2) is 0 Å². The van der Waals surface area contributed by atoms with Gasteiger partial charge in [0.2, 0.25) is 0 Å². The molecule has 82 valence electrons. The molecule has 0 saturated heterocycles. The fraction of sp³-hybridized carbons (Fsp3) is 0.154. The first-order valence-corrected chi connectivity index (χ1v) is 6.02. The van der Waals surface area contributed by atoms with E-state index in [1.54, 1.807) is 11.8 Å². The van der Waals surface area contributed by atoms with Gasteiger partial charge < -0.3 is 5.73 Å². The van der Waals surface area contributed by atoms with E-state index in [-0.39, 0.29) is 6.04 Å². The summed E-state index contributed by atoms with van der Waals surface area (Å²) in [7, 11) is 0. The lowest BCUT2D eigenvalue weighted by Crippen LogP contribution is -2.06. The zero-order valence-electron chi connectivity index (χ0n) is 9.13. The molecule has 2 N–H and O–H groups in total. The van der Waals surface area contributed by atoms with Gasteiger partial charge in [-0.05, 0) is 31.2 Å². The summed E-state index contributed by atoms with van der Waals surface area (Å²) in [6.45, 7) is 1.94. The number of rotatable bonds is 3. The Morgan fingerprint density at radius 2 is 1.81 bits per heavy atom. The molecule has 1 aromatic carbocycles. The summed E-state index contributed by atoms with van der Waals surface area (Å²) in [5.74, 6) is 0. The van der Waals surface area contributed by atoms with Gasteiger partial charge in [0.05, 0.1) is 5.69 Å². The molecule has 1 heterocycles. The number of benzene rings is 1. The highest BCUT2D eigenvalue weighted by Crippen LogP contribution is 2.26. The number of nitrogens with two attached hydrogens (primary N) is 1. The van der Waals surface area contributed by atoms with Crippen LogP contribution in [0, 0.1) is 0 Å². The summed E-state index contributed by atoms with van der Waals surface area (Å²) in [5.41, 5.74) is 6.68. The van der Waals surface area contributed by atoms with Gasteiger partial charge in [-0.1, -0.05) is 30.0 Å². The highest BCUT2D eigenvalue weighted by atomic mass is 32.2. The Morgan fingerprint density at radius 1 is 1.06 bits per heavy atom. The van der Waals surface area contributed by atoms with Gasteiger partial charge in [0.25, 0.3) is 0 Å². The Balaban J connectivity index is 2.11. The van der Waals surface area contributed by atoms with E-state index in [4.69, 9.17) is 5.73 Å². The number of hydrogen-bond donors (Lipinski definition) is 1. The van der Waals surface area contributed by atoms with Gasteiger partial charge in [0.15, 0.2) is 0 Å². The van der Waals surface area contributed by atoms with Crippen LogP contribution in [-0.4, -0.2) is 4.98 Å². The van der Waals surface area contributed by atoms with Crippen molar-refractivity contribution in [1.29, 1.82) is 0 Å². The van der Waals surface area contributed by atoms with Crippen LogP contribution in [0.1, 0.15) is 18.7 Å². The van der Waals surface area contributed by atoms with E-state index >= 15 is 0 Å². The van der Waals surface area contributed by atoms with Crippen LogP contribution in [0.4, 0.5) is 0 Å². The lowest BCUT2D eigenvalue weighted by atomic mass is 10.2. The van der Waals surface area contributed by atoms with E-state index in [2.05, 4.69) is 23.2 Å². The molecule has 2 rings (SSSR count). The SMILES string of the molecule is C[C@@H](N)c1ccc(Sc2ccccc2)cn1. The molecule has 1 aromatic heterocycles. The molecular weight excluding hydrogens is 216 g/mol. The molecule has 2 aromatic rings. The molecule has 2 nitrogen and oxygen atoms in total. The molecule has 0 amide bonds. The molecule has 0 radical (unpaired) electrons. The van der Waals surface area contributed by atoms with Gasteiger partial charge >= 0.3 is 0 Å². The van der Waals surface area contributed by atoms with Crippen molar-refractivity contribution < 1.29 is 0 Å². The van der Waals surface area contributed by atoms with E-state index < -0.39 is 0 Å². The minimum absolute atomic E-state index is 0.00391. The van der Waals surface area contributed by atoms with Crippen molar-refractivity contribution in [3.63, 3.8) is 0 Å². The van der Waals surface area contributed by atoms with Crippen molar-refractivity contribution >= 4 is 11.8 Å². The summed E-state index contributed by atoms with van der Waals surface area (Å²) in [6, 6.07) is 14.3. The van der Waals surface area contributed by atoms with E-state index in [1.807, 2.05) is 37.4 Å². The van der Waals surface area contributed by atoms with E-state index in [0.29, 0.717) is 0 Å². The lowest BCUT2D eigenvalue weighted by Gasteiger charge is -2.05. The predicted octanol–water partition coefficient (Wildman–Crippen LogP) is 3.25. The molecule has 0 unspecified atom stereocenters. The van der Waals surface area contributed by atoms with Crippen LogP contribution in [0.2, 0.25) is 0 Å². The van der Waals surface area contributed by atoms with Crippen LogP contribution >= 0.6 is 11.8 Å². The smallest absolute Gasteiger partial charge is 0.0569 e. The summed E-state index contributed by atoms with van der Waals surface area (Å²) in [5, 5.41) is 0. The third-order valence-corrected chi connectivity index (χ3v) is 3.19. The number of nitrogens with zero attached hydrogens (tertiary/aromatic N) is 1. The second-order valence-corrected chi connectivity index (χ2v) is 4.77. The van der Waals surface area contributed by atoms with Gasteiger partial charge in [-0.2, -0.15) is 0 Å². The van der Waals surface area contributed by atoms with E-state index in [9.17, 15) is 0 Å². The van der Waals surface area contributed by atoms with Gasteiger partial charge in [0.1, 0.15) is 0 Å². The first-order chi connectivity index (χ1) is 7.75. The standard InChI is InChI=1S/C13H14N2S/c1-10(14)13-8-7-12(9-15-13)16-11-5-3-2-4-6-11/h2-10H,14H2,1H3/t10-/m1/s1. The minimum atomic E-state index is -0.00391. The molecule has 16 heavy (non-hydrogen) atoms. The van der Waals surface area contributed by atoms with Crippen LogP contribution in [-0.2, 0) is 0 Å². The number of pyridine rings is 1. The largest absolute Gasteiger partial charge is 0.323 e. The third-order valence-electron chi connectivity index (χ3n) is 2.20. The molecule has 0 aliphatic carbocycles. The Bertz CT molecular complexity index is 437. The minimum Gasteiger partial charge on any atom is -0.323 e. The van der Waals surface area contributed by atoms with E-state index in [1.165, 1.54) is 4.90 Å². The Kier molecular flexibility index (Phi) is 3.59. The molecule has 0 spiro atoms. The maximum absolute atomic E-state index is 5.75. The second-order valence-electron chi connectivity index (χ2n) is 3.62. The molecule has 0 saturated carbocycles. The van der Waals surface area contributed by atoms with Crippen molar-refractivity contribution in [2.24, 2.45) is 5.73 Å². The van der Waals surface area contributed by atoms with Crippen LogP contribution in [0.5, 0.6) is 0 Å². The number of hydrogen-bond acceptors (Lipinski definition) is 3. The molecule has 0 bridgehead atoms. The van der Waals surface area contributed by atoms with Crippen molar-refractivity contribution in [1.82, 2.24) is 4.98 Å². The molecule has 1 atom stereocenters. The summed E-state index contributed by atoms with van der Waals surface area (Å²) in [4.78, 5) is 6.68. The zero-order chi connectivity index (χ0) is 11.4. The first-order valence-electron chi connectivity index (χ1n) is 5.20. The second kappa shape index (κ2) is 5.14. The predicted molar refractivity (Wildman–Crippen MR) is 67.4 cm³/mol. The molecular formula is C13H14N2S. The summed E-state index contributed by atoms with van der Waals surface area (Å²) < 4.78 is 0. The average molecular weight is 230 g/mol. The Morgan fingerprint density at radius 3 is 2.38 bits per heavy atom. The van der Waals surface area contributed by atoms with Gasteiger partial charge in [0, 0.05) is 22.0 Å². The molecule has 0 aliphatic rings. The normalized spacial score (nSPS) is 12.4. The van der Waals surface area contributed by atoms with Crippen molar-refractivity contribution in [2.45, 2.75) is 22.8 Å². The zero-order valence-corrected chi connectivity index (χ0v) is 9.95. The van der Waals surface area contributed by atoms with Gasteiger partial charge in [-0.3, -0.25) is 4.98 Å². The van der Waals surface area contributed by atoms with Crippen molar-refractivity contribution in [2.75, 3.05) is 0 Å². The highest BCUT2D eigenvalue weighted by Gasteiger charge is 2.01. The topological polar surface area (TPSA) is 38.9 Å². The van der Waals surface area contributed by atoms with Crippen LogP contribution in [0.3, 0.4) is 0 Å². The monoisotopic (exact) mass is 230 g/mol. The fourth-order valence-electron chi connectivity index (χ4n) is 1.35. The van der Waals surface area contributed by atoms with Crippen LogP contribution < -0.4 is 5.73 Å². The number of aromatic nitrogens is 1. The summed E-state index contributed by atoms with van der Waals surface area (Å²) >= 11 is 1.70. The maximum atomic E-state index is 5.75. The van der Waals surface area contributed by atoms with Crippen LogP contribution in [0.15, 0.2) is 58.5 Å². The van der Waals surface area contributed by atoms with Crippen molar-refractivity contribution in [3.8, 4) is 0 Å².